The number of sulfonamides is 1. The van der Waals surface area contributed by atoms with Crippen LogP contribution in [0.25, 0.3) is 5.57 Å². The fraction of sp³-hybridized carbons (Fsp3) is 0.263. The van der Waals surface area contributed by atoms with E-state index in [2.05, 4.69) is 10.3 Å². The predicted octanol–water partition coefficient (Wildman–Crippen LogP) is 2.74. The van der Waals surface area contributed by atoms with Gasteiger partial charge < -0.3 is 5.32 Å². The van der Waals surface area contributed by atoms with Gasteiger partial charge in [0.15, 0.2) is 9.34 Å². The van der Waals surface area contributed by atoms with Gasteiger partial charge in [0.2, 0.25) is 15.9 Å². The molecule has 0 aliphatic heterocycles. The number of hydrogen-bond acceptors (Lipinski definition) is 6. The summed E-state index contributed by atoms with van der Waals surface area (Å²) in [5.41, 5.74) is 2.13. The number of halogens is 1. The predicted molar refractivity (Wildman–Crippen MR) is 114 cm³/mol. The molecule has 0 aliphatic rings. The van der Waals surface area contributed by atoms with Crippen molar-refractivity contribution in [1.29, 1.82) is 0 Å². The van der Waals surface area contributed by atoms with Gasteiger partial charge in [-0.3, -0.25) is 9.69 Å². The first-order valence-electron chi connectivity index (χ1n) is 8.64. The molecule has 156 valence electrons. The minimum atomic E-state index is -3.88. The third-order valence-electron chi connectivity index (χ3n) is 4.10. The van der Waals surface area contributed by atoms with Crippen LogP contribution in [0.5, 0.6) is 0 Å². The third kappa shape index (κ3) is 5.49. The summed E-state index contributed by atoms with van der Waals surface area (Å²) in [6.07, 6.45) is 3.03. The first kappa shape index (κ1) is 22.7. The molecule has 1 amide bonds. The number of rotatable bonds is 7. The van der Waals surface area contributed by atoms with Gasteiger partial charge >= 0.3 is 0 Å². The van der Waals surface area contributed by atoms with E-state index in [0.29, 0.717) is 11.1 Å². The second kappa shape index (κ2) is 9.29. The van der Waals surface area contributed by atoms with Gasteiger partial charge in [-0.2, -0.15) is 0 Å². The second-order valence-electron chi connectivity index (χ2n) is 6.22. The Morgan fingerprint density at radius 1 is 1.34 bits per heavy atom. The number of likely N-dealkylation sites (N-methyl/N-ethyl adjacent to an activating group) is 1. The first-order valence-corrected chi connectivity index (χ1v) is 11.0. The van der Waals surface area contributed by atoms with Crippen molar-refractivity contribution in [1.82, 2.24) is 10.3 Å². The molecule has 0 fully saturated rings. The highest BCUT2D eigenvalue weighted by atomic mass is 32.2. The normalized spacial score (nSPS) is 12.8. The topological polar surface area (TPSA) is 105 Å². The van der Waals surface area contributed by atoms with Crippen LogP contribution >= 0.6 is 11.3 Å². The lowest BCUT2D eigenvalue weighted by atomic mass is 10.0. The van der Waals surface area contributed by atoms with Crippen LogP contribution in [-0.2, 0) is 21.2 Å². The van der Waals surface area contributed by atoms with E-state index in [1.807, 2.05) is 0 Å². The number of hydrogen-bond donors (Lipinski definition) is 2. The molecule has 0 spiro atoms. The smallest absolute Gasteiger partial charge is 0.249 e. The van der Waals surface area contributed by atoms with Gasteiger partial charge in [0, 0.05) is 25.9 Å². The van der Waals surface area contributed by atoms with Crippen molar-refractivity contribution in [3.63, 3.8) is 0 Å². The van der Waals surface area contributed by atoms with Crippen molar-refractivity contribution in [2.45, 2.75) is 24.5 Å². The number of nitrogens with two attached hydrogens (primary N) is 1. The number of nitrogens with zero attached hydrogens (tertiary/aromatic N) is 2. The molecule has 10 heteroatoms. The zero-order valence-electron chi connectivity index (χ0n) is 16.6. The quantitative estimate of drug-likeness (QED) is 0.647. The Morgan fingerprint density at radius 2 is 1.97 bits per heavy atom. The third-order valence-corrected chi connectivity index (χ3v) is 6.89. The number of nitrogens with one attached hydrogen (secondary N) is 1. The number of aryl methyl sites for hydroxylation is 1. The van der Waals surface area contributed by atoms with Crippen molar-refractivity contribution in [3.05, 3.63) is 59.2 Å². The molecule has 0 radical (unpaired) electrons. The number of carbonyl (C=O) groups excluding carboxylic acids is 1. The highest BCUT2D eigenvalue weighted by Gasteiger charge is 2.22. The summed E-state index contributed by atoms with van der Waals surface area (Å²) in [5, 5.41) is 8.07. The van der Waals surface area contributed by atoms with Crippen LogP contribution in [0.3, 0.4) is 0 Å². The Balaban J connectivity index is 2.16. The van der Waals surface area contributed by atoms with E-state index in [-0.39, 0.29) is 33.2 Å². The molecule has 1 aromatic carbocycles. The number of primary sulfonamides is 1. The van der Waals surface area contributed by atoms with Crippen LogP contribution in [0.2, 0.25) is 0 Å². The van der Waals surface area contributed by atoms with Crippen molar-refractivity contribution < 1.29 is 17.6 Å². The van der Waals surface area contributed by atoms with Crippen molar-refractivity contribution >= 4 is 38.0 Å². The van der Waals surface area contributed by atoms with Gasteiger partial charge in [-0.05, 0) is 25.0 Å². The van der Waals surface area contributed by atoms with E-state index in [1.165, 1.54) is 25.1 Å². The maximum Gasteiger partial charge on any atom is 0.249 e. The number of thiazole rings is 1. The number of carbonyl (C=O) groups is 1. The highest BCUT2D eigenvalue weighted by Crippen LogP contribution is 2.29. The van der Waals surface area contributed by atoms with Crippen molar-refractivity contribution in [2.75, 3.05) is 19.0 Å². The Bertz CT molecular complexity index is 1060. The number of allylic oxidation sites excluding steroid dienone is 3. The molecule has 7 nitrogen and oxygen atoms in total. The fourth-order valence-electron chi connectivity index (χ4n) is 2.63. The Labute approximate surface area is 173 Å². The molecule has 2 rings (SSSR count). The van der Waals surface area contributed by atoms with E-state index in [1.54, 1.807) is 44.3 Å². The molecule has 0 saturated carbocycles. The average Bonchev–Trinajstić information content (AvgIpc) is 3.05. The minimum Gasteiger partial charge on any atom is -0.392 e. The van der Waals surface area contributed by atoms with Crippen LogP contribution in [0.4, 0.5) is 9.52 Å². The van der Waals surface area contributed by atoms with E-state index in [9.17, 15) is 17.6 Å². The molecule has 0 saturated heterocycles. The molecule has 29 heavy (non-hydrogen) atoms. The highest BCUT2D eigenvalue weighted by molar-refractivity contribution is 7.91. The molecule has 2 aromatic rings. The summed E-state index contributed by atoms with van der Waals surface area (Å²) in [5.74, 6) is -0.650. The minimum absolute atomic E-state index is 0.0629. The Kier molecular flexibility index (Phi) is 7.28. The van der Waals surface area contributed by atoms with E-state index < -0.39 is 10.0 Å². The molecule has 0 bridgehead atoms. The van der Waals surface area contributed by atoms with Gasteiger partial charge in [-0.1, -0.05) is 41.7 Å². The van der Waals surface area contributed by atoms with Crippen molar-refractivity contribution in [2.24, 2.45) is 5.14 Å². The summed E-state index contributed by atoms with van der Waals surface area (Å²) in [6.45, 7) is 3.27. The lowest BCUT2D eigenvalue weighted by molar-refractivity contribution is -0.117. The molecule has 1 heterocycles. The number of amides is 1. The maximum absolute atomic E-state index is 14.1. The molecule has 3 N–H and O–H groups in total. The largest absolute Gasteiger partial charge is 0.392 e. The van der Waals surface area contributed by atoms with Gasteiger partial charge in [0.25, 0.3) is 0 Å². The summed E-state index contributed by atoms with van der Waals surface area (Å²) in [6, 6.07) is 6.99. The average molecular weight is 439 g/mol. The zero-order chi connectivity index (χ0) is 21.8. The molecular weight excluding hydrogens is 415 g/mol. The summed E-state index contributed by atoms with van der Waals surface area (Å²) in [7, 11) is -0.740. The molecular formula is C19H23FN4O3S2. The molecule has 0 unspecified atom stereocenters. The Morgan fingerprint density at radius 3 is 2.45 bits per heavy atom. The molecule has 0 atom stereocenters. The van der Waals surface area contributed by atoms with Crippen molar-refractivity contribution in [3.8, 4) is 0 Å². The van der Waals surface area contributed by atoms with Crippen LogP contribution in [0.15, 0.2) is 46.6 Å². The fourth-order valence-corrected chi connectivity index (χ4v) is 4.55. The zero-order valence-corrected chi connectivity index (χ0v) is 18.2. The van der Waals surface area contributed by atoms with Crippen LogP contribution in [0.1, 0.15) is 23.7 Å². The second-order valence-corrected chi connectivity index (χ2v) is 8.96. The molecule has 1 aromatic heterocycles. The van der Waals surface area contributed by atoms with E-state index >= 15 is 0 Å². The van der Waals surface area contributed by atoms with Gasteiger partial charge in [-0.15, -0.1) is 0 Å². The van der Waals surface area contributed by atoms with E-state index in [4.69, 9.17) is 5.14 Å². The number of aromatic nitrogens is 1. The molecule has 0 aliphatic carbocycles. The summed E-state index contributed by atoms with van der Waals surface area (Å²) in [4.78, 5) is 18.0. The van der Waals surface area contributed by atoms with Crippen LogP contribution < -0.4 is 15.4 Å². The first-order chi connectivity index (χ1) is 13.6. The lowest BCUT2D eigenvalue weighted by Gasteiger charge is -2.14. The maximum atomic E-state index is 14.1. The monoisotopic (exact) mass is 438 g/mol. The van der Waals surface area contributed by atoms with Crippen LogP contribution in [0, 0.1) is 6.92 Å². The summed E-state index contributed by atoms with van der Waals surface area (Å²) < 4.78 is 37.1. The SMILES string of the molecule is C/C=C(\C(F)=C/NC)c1ccc(CC(=O)N(C)c2nc(C)c(S(N)(=O)=O)s2)cc1. The summed E-state index contributed by atoms with van der Waals surface area (Å²) >= 11 is 0.850. The number of benzene rings is 1. The standard InChI is InChI=1S/C19H23FN4O3S2/c1-5-15(16(20)11-22-3)14-8-6-13(7-9-14)10-17(25)24(4)19-23-12(2)18(28-19)29(21,26)27/h5-9,11,22H,10H2,1-4H3,(H2,21,26,27)/b15-5-,16-11+. The lowest BCUT2D eigenvalue weighted by Crippen LogP contribution is -2.27. The number of anilines is 1. The van der Waals surface area contributed by atoms with Gasteiger partial charge in [-0.25, -0.2) is 22.9 Å². The van der Waals surface area contributed by atoms with E-state index in [0.717, 1.165) is 16.9 Å². The Hall–Kier alpha value is -2.56. The van der Waals surface area contributed by atoms with Gasteiger partial charge in [0.1, 0.15) is 5.83 Å². The van der Waals surface area contributed by atoms with Crippen LogP contribution in [-0.4, -0.2) is 33.4 Å². The van der Waals surface area contributed by atoms with Gasteiger partial charge in [0.05, 0.1) is 12.1 Å².